The van der Waals surface area contributed by atoms with E-state index in [1.54, 1.807) is 7.11 Å². The van der Waals surface area contributed by atoms with Gasteiger partial charge in [-0.1, -0.05) is 42.5 Å². The van der Waals surface area contributed by atoms with E-state index in [0.717, 1.165) is 17.4 Å². The first-order chi connectivity index (χ1) is 9.38. The summed E-state index contributed by atoms with van der Waals surface area (Å²) in [5.74, 6) is 1.65. The van der Waals surface area contributed by atoms with Gasteiger partial charge in [0, 0.05) is 0 Å². The SMILES string of the molecule is COc1ccccc1NC(c1ccccc1)C1CC1. The lowest BCUT2D eigenvalue weighted by atomic mass is 10.0. The monoisotopic (exact) mass is 253 g/mol. The van der Waals surface area contributed by atoms with E-state index in [1.807, 2.05) is 18.2 Å². The van der Waals surface area contributed by atoms with Gasteiger partial charge in [-0.15, -0.1) is 0 Å². The second-order valence-corrected chi connectivity index (χ2v) is 5.07. The van der Waals surface area contributed by atoms with Crippen LogP contribution in [0.4, 0.5) is 5.69 Å². The number of benzene rings is 2. The van der Waals surface area contributed by atoms with Crippen LogP contribution in [0.1, 0.15) is 24.4 Å². The summed E-state index contributed by atoms with van der Waals surface area (Å²) in [5, 5.41) is 3.65. The molecule has 3 rings (SSSR count). The normalized spacial score (nSPS) is 15.8. The van der Waals surface area contributed by atoms with E-state index in [-0.39, 0.29) is 0 Å². The Kier molecular flexibility index (Phi) is 3.41. The molecule has 1 aliphatic carbocycles. The van der Waals surface area contributed by atoms with E-state index in [2.05, 4.69) is 41.7 Å². The van der Waals surface area contributed by atoms with E-state index in [1.165, 1.54) is 18.4 Å². The zero-order chi connectivity index (χ0) is 13.1. The molecule has 0 bridgehead atoms. The van der Waals surface area contributed by atoms with Crippen molar-refractivity contribution in [2.24, 2.45) is 5.92 Å². The minimum Gasteiger partial charge on any atom is -0.495 e. The Balaban J connectivity index is 1.86. The first-order valence-corrected chi connectivity index (χ1v) is 6.83. The van der Waals surface area contributed by atoms with Gasteiger partial charge in [0.15, 0.2) is 0 Å². The molecule has 2 nitrogen and oxygen atoms in total. The Morgan fingerprint density at radius 2 is 1.68 bits per heavy atom. The predicted molar refractivity (Wildman–Crippen MR) is 78.5 cm³/mol. The van der Waals surface area contributed by atoms with Crippen molar-refractivity contribution >= 4 is 5.69 Å². The molecule has 1 unspecified atom stereocenters. The van der Waals surface area contributed by atoms with Crippen LogP contribution in [0.3, 0.4) is 0 Å². The zero-order valence-corrected chi connectivity index (χ0v) is 11.2. The van der Waals surface area contributed by atoms with E-state index in [4.69, 9.17) is 4.74 Å². The highest BCUT2D eigenvalue weighted by Gasteiger charge is 2.32. The van der Waals surface area contributed by atoms with Crippen LogP contribution in [-0.4, -0.2) is 7.11 Å². The highest BCUT2D eigenvalue weighted by atomic mass is 16.5. The van der Waals surface area contributed by atoms with Crippen LogP contribution in [0.25, 0.3) is 0 Å². The van der Waals surface area contributed by atoms with Crippen LogP contribution >= 0.6 is 0 Å². The first kappa shape index (κ1) is 12.1. The molecule has 1 fully saturated rings. The van der Waals surface area contributed by atoms with Crippen LogP contribution in [0.2, 0.25) is 0 Å². The Labute approximate surface area is 114 Å². The molecule has 2 heteroatoms. The quantitative estimate of drug-likeness (QED) is 0.859. The maximum atomic E-state index is 5.42. The molecule has 98 valence electrons. The van der Waals surface area contributed by atoms with Crippen LogP contribution in [0, 0.1) is 5.92 Å². The standard InChI is InChI=1S/C17H19NO/c1-19-16-10-6-5-9-15(16)18-17(14-11-12-14)13-7-3-2-4-8-13/h2-10,14,17-18H,11-12H2,1H3. The van der Waals surface area contributed by atoms with Gasteiger partial charge in [-0.2, -0.15) is 0 Å². The zero-order valence-electron chi connectivity index (χ0n) is 11.2. The minimum absolute atomic E-state index is 0.387. The van der Waals surface area contributed by atoms with E-state index >= 15 is 0 Å². The fraction of sp³-hybridized carbons (Fsp3) is 0.294. The summed E-state index contributed by atoms with van der Waals surface area (Å²) < 4.78 is 5.42. The Morgan fingerprint density at radius 3 is 2.37 bits per heavy atom. The van der Waals surface area contributed by atoms with Crippen molar-refractivity contribution in [3.63, 3.8) is 0 Å². The predicted octanol–water partition coefficient (Wildman–Crippen LogP) is 4.26. The van der Waals surface area contributed by atoms with Crippen LogP contribution in [0.5, 0.6) is 5.75 Å². The molecular weight excluding hydrogens is 234 g/mol. The lowest BCUT2D eigenvalue weighted by Gasteiger charge is -2.21. The molecule has 0 saturated heterocycles. The highest BCUT2D eigenvalue weighted by molar-refractivity contribution is 5.57. The average molecular weight is 253 g/mol. The number of nitrogens with one attached hydrogen (secondary N) is 1. The molecule has 1 aliphatic rings. The van der Waals surface area contributed by atoms with E-state index in [9.17, 15) is 0 Å². The maximum absolute atomic E-state index is 5.42. The smallest absolute Gasteiger partial charge is 0.141 e. The average Bonchev–Trinajstić information content (AvgIpc) is 3.30. The van der Waals surface area contributed by atoms with Crippen molar-refractivity contribution in [3.05, 3.63) is 60.2 Å². The maximum Gasteiger partial charge on any atom is 0.141 e. The number of rotatable bonds is 5. The Bertz CT molecular complexity index is 534. The number of anilines is 1. The molecule has 0 aliphatic heterocycles. The summed E-state index contributed by atoms with van der Waals surface area (Å²) in [6, 6.07) is 19.2. The number of ether oxygens (including phenoxy) is 1. The van der Waals surface area contributed by atoms with Crippen molar-refractivity contribution in [3.8, 4) is 5.75 Å². The largest absolute Gasteiger partial charge is 0.495 e. The van der Waals surface area contributed by atoms with Crippen molar-refractivity contribution in [1.29, 1.82) is 0 Å². The highest BCUT2D eigenvalue weighted by Crippen LogP contribution is 2.43. The van der Waals surface area contributed by atoms with Crippen LogP contribution < -0.4 is 10.1 Å². The summed E-state index contributed by atoms with van der Waals surface area (Å²) in [6.45, 7) is 0. The van der Waals surface area contributed by atoms with Crippen molar-refractivity contribution in [1.82, 2.24) is 0 Å². The molecule has 1 saturated carbocycles. The summed E-state index contributed by atoms with van der Waals surface area (Å²) in [4.78, 5) is 0. The molecule has 0 radical (unpaired) electrons. The van der Waals surface area contributed by atoms with Gasteiger partial charge < -0.3 is 10.1 Å². The fourth-order valence-electron chi connectivity index (χ4n) is 2.49. The lowest BCUT2D eigenvalue weighted by Crippen LogP contribution is -2.13. The summed E-state index contributed by atoms with van der Waals surface area (Å²) >= 11 is 0. The minimum atomic E-state index is 0.387. The number of methoxy groups -OCH3 is 1. The molecule has 19 heavy (non-hydrogen) atoms. The number of para-hydroxylation sites is 2. The van der Waals surface area contributed by atoms with Gasteiger partial charge in [0.25, 0.3) is 0 Å². The first-order valence-electron chi connectivity index (χ1n) is 6.83. The third-order valence-electron chi connectivity index (χ3n) is 3.67. The molecule has 0 heterocycles. The van der Waals surface area contributed by atoms with Gasteiger partial charge in [-0.3, -0.25) is 0 Å². The third-order valence-corrected chi connectivity index (χ3v) is 3.67. The third kappa shape index (κ3) is 2.73. The van der Waals surface area contributed by atoms with Gasteiger partial charge in [-0.05, 0) is 36.5 Å². The summed E-state index contributed by atoms with van der Waals surface area (Å²) in [6.07, 6.45) is 2.61. The van der Waals surface area contributed by atoms with Gasteiger partial charge >= 0.3 is 0 Å². The molecule has 0 spiro atoms. The topological polar surface area (TPSA) is 21.3 Å². The van der Waals surface area contributed by atoms with E-state index < -0.39 is 0 Å². The molecule has 2 aromatic rings. The fourth-order valence-corrected chi connectivity index (χ4v) is 2.49. The molecule has 1 atom stereocenters. The van der Waals surface area contributed by atoms with Gasteiger partial charge in [0.2, 0.25) is 0 Å². The molecule has 1 N–H and O–H groups in total. The Morgan fingerprint density at radius 1 is 1.00 bits per heavy atom. The molecular formula is C17H19NO. The van der Waals surface area contributed by atoms with Crippen LogP contribution in [0.15, 0.2) is 54.6 Å². The van der Waals surface area contributed by atoms with Crippen molar-refractivity contribution in [2.45, 2.75) is 18.9 Å². The summed E-state index contributed by atoms with van der Waals surface area (Å²) in [5.41, 5.74) is 2.43. The number of hydrogen-bond acceptors (Lipinski definition) is 2. The Hall–Kier alpha value is -1.96. The van der Waals surface area contributed by atoms with E-state index in [0.29, 0.717) is 6.04 Å². The van der Waals surface area contributed by atoms with Gasteiger partial charge in [0.05, 0.1) is 18.8 Å². The summed E-state index contributed by atoms with van der Waals surface area (Å²) in [7, 11) is 1.72. The van der Waals surface area contributed by atoms with Crippen molar-refractivity contribution in [2.75, 3.05) is 12.4 Å². The van der Waals surface area contributed by atoms with Gasteiger partial charge in [-0.25, -0.2) is 0 Å². The second kappa shape index (κ2) is 5.35. The van der Waals surface area contributed by atoms with Crippen LogP contribution in [-0.2, 0) is 0 Å². The van der Waals surface area contributed by atoms with Gasteiger partial charge in [0.1, 0.15) is 5.75 Å². The molecule has 0 aromatic heterocycles. The second-order valence-electron chi connectivity index (χ2n) is 5.07. The lowest BCUT2D eigenvalue weighted by molar-refractivity contribution is 0.415. The molecule has 2 aromatic carbocycles. The van der Waals surface area contributed by atoms with Crippen molar-refractivity contribution < 1.29 is 4.74 Å². The molecule has 0 amide bonds. The number of hydrogen-bond donors (Lipinski definition) is 1.